The van der Waals surface area contributed by atoms with E-state index in [1.165, 1.54) is 55.9 Å². The van der Waals surface area contributed by atoms with Crippen molar-refractivity contribution in [2.75, 3.05) is 32.5 Å². The monoisotopic (exact) mass is 640 g/mol. The maximum absolute atomic E-state index is 13.9. The van der Waals surface area contributed by atoms with Gasteiger partial charge in [-0.15, -0.1) is 0 Å². The zero-order valence-electron chi connectivity index (χ0n) is 27.0. The maximum atomic E-state index is 13.9. The van der Waals surface area contributed by atoms with Gasteiger partial charge in [0.05, 0.1) is 23.8 Å². The van der Waals surface area contributed by atoms with E-state index in [2.05, 4.69) is 17.6 Å². The molecule has 4 unspecified atom stereocenters. The van der Waals surface area contributed by atoms with E-state index in [0.717, 1.165) is 12.8 Å². The summed E-state index contributed by atoms with van der Waals surface area (Å²) in [7, 11) is 3.10. The average Bonchev–Trinajstić information content (AvgIpc) is 2.98. The highest BCUT2D eigenvalue weighted by molar-refractivity contribution is 6.24. The van der Waals surface area contributed by atoms with Crippen molar-refractivity contribution in [3.05, 3.63) is 40.2 Å². The summed E-state index contributed by atoms with van der Waals surface area (Å²) >= 11 is 0. The Hall–Kier alpha value is -3.74. The number of phenolic OH excluding ortho intramolecular Hbond substituents is 1. The van der Waals surface area contributed by atoms with E-state index in [4.69, 9.17) is 5.73 Å². The highest BCUT2D eigenvalue weighted by Crippen LogP contribution is 2.53. The Balaban J connectivity index is 1.46. The Labute approximate surface area is 269 Å². The minimum Gasteiger partial charge on any atom is -0.508 e. The fraction of sp³-hybridized carbons (Fsp3) is 0.588. The van der Waals surface area contributed by atoms with Crippen molar-refractivity contribution in [3.63, 3.8) is 0 Å². The molecule has 2 amide bonds. The van der Waals surface area contributed by atoms with Crippen molar-refractivity contribution in [1.82, 2.24) is 10.2 Å². The number of rotatable bonds is 15. The van der Waals surface area contributed by atoms with Crippen molar-refractivity contribution >= 4 is 34.8 Å². The summed E-state index contributed by atoms with van der Waals surface area (Å²) < 4.78 is 0. The molecule has 0 aromatic heterocycles. The standard InChI is InChI=1S/C34H48N4O8/c1-4-5-6-7-8-9-10-11-12-15-36-18-23(39)37-22-14-13-19-16-20-17-21-27(38(2)3)30(42)26(33(35)45)32(44)34(21,46)31(43)25(20)29(41)24(19)28(22)40/h13-14,20-21,27,36,40-41,44,46H,4-12,15-18H2,1-3H3,(H2,35,45)(H,37,39). The second kappa shape index (κ2) is 14.8. The van der Waals surface area contributed by atoms with Gasteiger partial charge in [-0.2, -0.15) is 0 Å². The third-order valence-electron chi connectivity index (χ3n) is 9.61. The van der Waals surface area contributed by atoms with Crippen LogP contribution in [0.15, 0.2) is 29.0 Å². The lowest BCUT2D eigenvalue weighted by Crippen LogP contribution is -2.65. The van der Waals surface area contributed by atoms with Gasteiger partial charge in [0.2, 0.25) is 11.7 Å². The summed E-state index contributed by atoms with van der Waals surface area (Å²) in [5.41, 5.74) is 2.03. The molecular weight excluding hydrogens is 592 g/mol. The Bertz CT molecular complexity index is 1430. The molecule has 4 rings (SSSR count). The summed E-state index contributed by atoms with van der Waals surface area (Å²) in [5, 5.41) is 50.9. The minimum absolute atomic E-state index is 0.00956. The van der Waals surface area contributed by atoms with Crippen LogP contribution in [0.3, 0.4) is 0 Å². The van der Waals surface area contributed by atoms with Gasteiger partial charge in [0.25, 0.3) is 5.91 Å². The lowest BCUT2D eigenvalue weighted by molar-refractivity contribution is -0.153. The van der Waals surface area contributed by atoms with Crippen molar-refractivity contribution < 1.29 is 39.6 Å². The van der Waals surface area contributed by atoms with Crippen LogP contribution >= 0.6 is 0 Å². The molecule has 0 bridgehead atoms. The van der Waals surface area contributed by atoms with Gasteiger partial charge in [-0.25, -0.2) is 0 Å². The van der Waals surface area contributed by atoms with E-state index in [-0.39, 0.29) is 36.2 Å². The number of nitrogens with zero attached hydrogens (tertiary/aromatic N) is 1. The number of hydrogen-bond donors (Lipinski definition) is 7. The first-order valence-corrected chi connectivity index (χ1v) is 16.4. The van der Waals surface area contributed by atoms with Crippen LogP contribution in [-0.4, -0.2) is 87.5 Å². The number of aliphatic hydroxyl groups excluding tert-OH is 2. The van der Waals surface area contributed by atoms with Crippen molar-refractivity contribution in [3.8, 4) is 5.75 Å². The fourth-order valence-electron chi connectivity index (χ4n) is 7.28. The topological polar surface area (TPSA) is 203 Å². The number of benzene rings is 1. The van der Waals surface area contributed by atoms with Crippen LogP contribution < -0.4 is 16.4 Å². The number of amides is 2. The van der Waals surface area contributed by atoms with Crippen molar-refractivity contribution in [1.29, 1.82) is 0 Å². The van der Waals surface area contributed by atoms with E-state index in [1.54, 1.807) is 20.2 Å². The van der Waals surface area contributed by atoms with Crippen LogP contribution in [0.2, 0.25) is 0 Å². The molecule has 3 aliphatic rings. The van der Waals surface area contributed by atoms with Crippen LogP contribution in [0.1, 0.15) is 82.3 Å². The van der Waals surface area contributed by atoms with Gasteiger partial charge in [0, 0.05) is 11.5 Å². The second-order valence-electron chi connectivity index (χ2n) is 13.0. The molecule has 3 aliphatic carbocycles. The largest absolute Gasteiger partial charge is 0.508 e. The smallest absolute Gasteiger partial charge is 0.255 e. The van der Waals surface area contributed by atoms with Gasteiger partial charge < -0.3 is 36.8 Å². The van der Waals surface area contributed by atoms with Crippen LogP contribution in [0.25, 0.3) is 5.76 Å². The molecule has 0 radical (unpaired) electrons. The number of unbranched alkanes of at least 4 members (excludes halogenated alkanes) is 8. The summed E-state index contributed by atoms with van der Waals surface area (Å²) in [6.07, 6.45) is 11.0. The van der Waals surface area contributed by atoms with E-state index >= 15 is 0 Å². The van der Waals surface area contributed by atoms with E-state index in [0.29, 0.717) is 12.1 Å². The number of carbonyl (C=O) groups excluding carboxylic acids is 4. The first kappa shape index (κ1) is 35.1. The number of likely N-dealkylation sites (N-methyl/N-ethyl adjacent to an activating group) is 1. The molecule has 12 heteroatoms. The van der Waals surface area contributed by atoms with E-state index in [9.17, 15) is 39.6 Å². The third kappa shape index (κ3) is 6.70. The second-order valence-corrected chi connectivity index (χ2v) is 13.0. The zero-order valence-corrected chi connectivity index (χ0v) is 27.0. The molecule has 4 atom stereocenters. The number of anilines is 1. The summed E-state index contributed by atoms with van der Waals surface area (Å²) in [4.78, 5) is 53.3. The molecule has 252 valence electrons. The lowest BCUT2D eigenvalue weighted by atomic mass is 9.57. The molecule has 0 heterocycles. The number of nitrogens with one attached hydrogen (secondary N) is 2. The third-order valence-corrected chi connectivity index (χ3v) is 9.61. The molecule has 0 aliphatic heterocycles. The van der Waals surface area contributed by atoms with Crippen molar-refractivity contribution in [2.24, 2.45) is 17.6 Å². The van der Waals surface area contributed by atoms with Crippen LogP contribution in [0.5, 0.6) is 5.75 Å². The highest BCUT2D eigenvalue weighted by atomic mass is 16.3. The number of carbonyl (C=O) groups is 4. The average molecular weight is 641 g/mol. The Morgan fingerprint density at radius 2 is 1.63 bits per heavy atom. The molecule has 1 aromatic carbocycles. The predicted molar refractivity (Wildman–Crippen MR) is 173 cm³/mol. The summed E-state index contributed by atoms with van der Waals surface area (Å²) in [5.74, 6) is -7.55. The molecule has 8 N–H and O–H groups in total. The molecule has 1 fully saturated rings. The van der Waals surface area contributed by atoms with Crippen LogP contribution in [0, 0.1) is 11.8 Å². The molecule has 46 heavy (non-hydrogen) atoms. The van der Waals surface area contributed by atoms with Gasteiger partial charge in [0.15, 0.2) is 11.4 Å². The lowest BCUT2D eigenvalue weighted by Gasteiger charge is -2.50. The van der Waals surface area contributed by atoms with Gasteiger partial charge in [0.1, 0.15) is 22.8 Å². The number of primary amides is 1. The van der Waals surface area contributed by atoms with E-state index in [1.807, 2.05) is 0 Å². The Kier molecular flexibility index (Phi) is 11.3. The fourth-order valence-corrected chi connectivity index (χ4v) is 7.28. The number of hydrogen-bond acceptors (Lipinski definition) is 10. The molecule has 1 saturated carbocycles. The SMILES string of the molecule is CCCCCCCCCCCNCC(=O)Nc1ccc2c(c1O)C(O)=C1C(=O)C3(O)C(O)=C(C(N)=O)C(=O)C(N(C)C)C3CC1C2. The normalized spacial score (nSPS) is 24.2. The highest BCUT2D eigenvalue weighted by Gasteiger charge is 2.64. The molecule has 12 nitrogen and oxygen atoms in total. The predicted octanol–water partition coefficient (Wildman–Crippen LogP) is 3.02. The van der Waals surface area contributed by atoms with Gasteiger partial charge >= 0.3 is 0 Å². The van der Waals surface area contributed by atoms with E-state index < -0.39 is 69.7 Å². The number of aromatic hydroxyl groups is 1. The molecular formula is C34H48N4O8. The van der Waals surface area contributed by atoms with Gasteiger partial charge in [-0.05, 0) is 57.5 Å². The Morgan fingerprint density at radius 3 is 2.24 bits per heavy atom. The maximum Gasteiger partial charge on any atom is 0.255 e. The number of nitrogens with two attached hydrogens (primary N) is 1. The summed E-state index contributed by atoms with van der Waals surface area (Å²) in [6, 6.07) is 2.01. The molecule has 0 saturated heterocycles. The quantitative estimate of drug-likeness (QED) is 0.0848. The van der Waals surface area contributed by atoms with Crippen LogP contribution in [0.4, 0.5) is 5.69 Å². The molecule has 1 aromatic rings. The number of aliphatic hydroxyl groups is 3. The number of Topliss-reactive ketones (excluding diaryl/α,β-unsaturated/α-hetero) is 2. The van der Waals surface area contributed by atoms with Gasteiger partial charge in [-0.1, -0.05) is 64.4 Å². The minimum atomic E-state index is -2.70. The molecule has 0 spiro atoms. The van der Waals surface area contributed by atoms with Crippen molar-refractivity contribution in [2.45, 2.75) is 89.2 Å². The number of ketones is 2. The number of phenols is 1. The first-order valence-electron chi connectivity index (χ1n) is 16.4. The van der Waals surface area contributed by atoms with Gasteiger partial charge in [-0.3, -0.25) is 24.1 Å². The number of fused-ring (bicyclic) bond motifs is 3. The first-order chi connectivity index (χ1) is 21.9. The zero-order chi connectivity index (χ0) is 33.8. The van der Waals surface area contributed by atoms with Crippen LogP contribution in [-0.2, 0) is 25.6 Å². The Morgan fingerprint density at radius 1 is 1.00 bits per heavy atom. The summed E-state index contributed by atoms with van der Waals surface area (Å²) in [6.45, 7) is 2.91.